The Labute approximate surface area is 197 Å². The van der Waals surface area contributed by atoms with Crippen molar-refractivity contribution in [1.29, 1.82) is 0 Å². The van der Waals surface area contributed by atoms with Gasteiger partial charge in [0.2, 0.25) is 0 Å². The van der Waals surface area contributed by atoms with Gasteiger partial charge in [0.15, 0.2) is 6.61 Å². The third kappa shape index (κ3) is 5.06. The van der Waals surface area contributed by atoms with Crippen molar-refractivity contribution in [2.75, 3.05) is 6.61 Å². The zero-order valence-corrected chi connectivity index (χ0v) is 20.3. The zero-order valence-electron chi connectivity index (χ0n) is 19.5. The second-order valence-electron chi connectivity index (χ2n) is 8.54. The lowest BCUT2D eigenvalue weighted by Crippen LogP contribution is -2.49. The quantitative estimate of drug-likeness (QED) is 0.189. The number of hydrogen-bond acceptors (Lipinski definition) is 8. The molecule has 0 saturated heterocycles. The minimum atomic E-state index is -6.03. The van der Waals surface area contributed by atoms with Gasteiger partial charge in [0.25, 0.3) is 6.29 Å². The molecule has 1 aromatic carbocycles. The highest BCUT2D eigenvalue weighted by molar-refractivity contribution is 7.86. The summed E-state index contributed by atoms with van der Waals surface area (Å²) < 4.78 is 66.1. The predicted molar refractivity (Wildman–Crippen MR) is 117 cm³/mol. The number of carbonyl (C=O) groups excluding carboxylic acids is 1. The van der Waals surface area contributed by atoms with E-state index in [9.17, 15) is 37.3 Å². The Morgan fingerprint density at radius 1 is 1.03 bits per heavy atom. The van der Waals surface area contributed by atoms with E-state index in [0.717, 1.165) is 0 Å². The van der Waals surface area contributed by atoms with Crippen LogP contribution in [-0.2, 0) is 19.6 Å². The number of alkyl halides is 2. The van der Waals surface area contributed by atoms with Crippen LogP contribution in [0.1, 0.15) is 76.3 Å². The van der Waals surface area contributed by atoms with Gasteiger partial charge in [-0.05, 0) is 37.3 Å². The Balaban J connectivity index is 2.33. The first kappa shape index (κ1) is 28.4. The zero-order chi connectivity index (χ0) is 26.1. The monoisotopic (exact) mass is 510 g/mol. The van der Waals surface area contributed by atoms with Crippen molar-refractivity contribution in [3.8, 4) is 5.75 Å². The molecule has 3 atom stereocenters. The summed E-state index contributed by atoms with van der Waals surface area (Å²) in [6.45, 7) is 6.36. The molecule has 0 radical (unpaired) electrons. The van der Waals surface area contributed by atoms with E-state index in [1.807, 2.05) is 27.7 Å². The van der Waals surface area contributed by atoms with Crippen molar-refractivity contribution < 1.29 is 51.3 Å². The maximum Gasteiger partial charge on any atom is 0.430 e. The molecule has 3 rings (SSSR count). The highest BCUT2D eigenvalue weighted by Gasteiger charge is 2.54. The predicted octanol–water partition coefficient (Wildman–Crippen LogP) is 2.69. The number of benzene rings is 1. The Hall–Kier alpha value is -1.86. The third-order valence-corrected chi connectivity index (χ3v) is 7.78. The number of hydrogen-bond donors (Lipinski definition) is 4. The summed E-state index contributed by atoms with van der Waals surface area (Å²) in [5, 5.41) is 26.9. The molecule has 3 unspecified atom stereocenters. The van der Waals surface area contributed by atoms with Crippen LogP contribution < -0.4 is 4.74 Å². The first-order valence-corrected chi connectivity index (χ1v) is 12.5. The van der Waals surface area contributed by atoms with Crippen LogP contribution in [-0.4, -0.2) is 63.6 Å². The molecule has 0 aliphatic heterocycles. The fourth-order valence-corrected chi connectivity index (χ4v) is 4.89. The summed E-state index contributed by atoms with van der Waals surface area (Å²) in [6, 6.07) is 5.05. The van der Waals surface area contributed by atoms with Crippen LogP contribution in [0.15, 0.2) is 18.2 Å². The minimum absolute atomic E-state index is 0.154. The van der Waals surface area contributed by atoms with Gasteiger partial charge in [0.05, 0.1) is 11.2 Å². The lowest BCUT2D eigenvalue weighted by molar-refractivity contribution is -0.206. The van der Waals surface area contributed by atoms with Crippen LogP contribution in [0.4, 0.5) is 8.78 Å². The van der Waals surface area contributed by atoms with Gasteiger partial charge < -0.3 is 24.8 Å². The van der Waals surface area contributed by atoms with Gasteiger partial charge in [-0.1, -0.05) is 39.8 Å². The fourth-order valence-electron chi connectivity index (χ4n) is 4.59. The lowest BCUT2D eigenvalue weighted by Gasteiger charge is -2.49. The van der Waals surface area contributed by atoms with Gasteiger partial charge in [-0.2, -0.15) is 17.2 Å². The van der Waals surface area contributed by atoms with Gasteiger partial charge in [0, 0.05) is 17.4 Å². The average Bonchev–Trinajstić information content (AvgIpc) is 2.80. The van der Waals surface area contributed by atoms with E-state index in [-0.39, 0.29) is 5.75 Å². The molecule has 2 bridgehead atoms. The lowest BCUT2D eigenvalue weighted by atomic mass is 9.59. The number of esters is 1. The molecule has 1 aromatic rings. The molecule has 0 amide bonds. The standard InChI is InChI=1S/C22H32F2O9S/c1-5-20(27,6-2)17-13-9-10-14(18(17)21(28,7-3)8-4)15(11-13)32-12-16(25)33-19(26)22(23,24)34(29,30)31/h9-11,17-19,26-28H,5-8,12H2,1-4H3,(H,29,30,31). The van der Waals surface area contributed by atoms with E-state index in [1.165, 1.54) is 0 Å². The molecule has 4 N–H and O–H groups in total. The first-order valence-electron chi connectivity index (χ1n) is 11.1. The number of ether oxygens (including phenoxy) is 2. The second-order valence-corrected chi connectivity index (χ2v) is 10.0. The van der Waals surface area contributed by atoms with Crippen molar-refractivity contribution in [3.63, 3.8) is 0 Å². The summed E-state index contributed by atoms with van der Waals surface area (Å²) in [4.78, 5) is 11.9. The van der Waals surface area contributed by atoms with Crippen molar-refractivity contribution in [3.05, 3.63) is 29.3 Å². The largest absolute Gasteiger partial charge is 0.482 e. The number of fused-ring (bicyclic) bond motifs is 3. The number of aliphatic hydroxyl groups excluding tert-OH is 1. The van der Waals surface area contributed by atoms with Crippen LogP contribution in [0.5, 0.6) is 5.75 Å². The van der Waals surface area contributed by atoms with Crippen LogP contribution in [0.25, 0.3) is 0 Å². The summed E-state index contributed by atoms with van der Waals surface area (Å²) >= 11 is 0. The maximum atomic E-state index is 13.4. The van der Waals surface area contributed by atoms with E-state index in [1.54, 1.807) is 18.2 Å². The molecule has 0 saturated carbocycles. The summed E-state index contributed by atoms with van der Waals surface area (Å²) in [6.07, 6.45) is -1.86. The smallest absolute Gasteiger partial charge is 0.430 e. The fraction of sp³-hybridized carbons (Fsp3) is 0.682. The van der Waals surface area contributed by atoms with E-state index >= 15 is 0 Å². The number of aliphatic hydroxyl groups is 3. The van der Waals surface area contributed by atoms with E-state index in [2.05, 4.69) is 4.74 Å². The average molecular weight is 511 g/mol. The SMILES string of the molecule is CCC(O)(CC)C1c2ccc(c(OCC(=O)OC(O)C(F)(F)S(=O)(=O)O)c2)C1C(O)(CC)CC. The Morgan fingerprint density at radius 2 is 1.53 bits per heavy atom. The van der Waals surface area contributed by atoms with E-state index < -0.39 is 57.3 Å². The van der Waals surface area contributed by atoms with Gasteiger partial charge in [-0.15, -0.1) is 0 Å². The normalized spacial score (nSPS) is 19.7. The Kier molecular flexibility index (Phi) is 8.36. The highest BCUT2D eigenvalue weighted by Crippen LogP contribution is 2.56. The van der Waals surface area contributed by atoms with Gasteiger partial charge >= 0.3 is 21.3 Å². The number of carbonyl (C=O) groups is 1. The van der Waals surface area contributed by atoms with Gasteiger partial charge in [-0.3, -0.25) is 4.55 Å². The molecule has 0 aromatic heterocycles. The molecular weight excluding hydrogens is 478 g/mol. The molecule has 0 spiro atoms. The van der Waals surface area contributed by atoms with Crippen LogP contribution in [0.2, 0.25) is 0 Å². The molecule has 2 aliphatic rings. The number of halogens is 2. The highest BCUT2D eigenvalue weighted by atomic mass is 32.2. The van der Waals surface area contributed by atoms with E-state index in [0.29, 0.717) is 36.8 Å². The minimum Gasteiger partial charge on any atom is -0.482 e. The molecule has 2 aliphatic carbocycles. The Bertz CT molecular complexity index is 988. The summed E-state index contributed by atoms with van der Waals surface area (Å²) in [5.41, 5.74) is -1.18. The van der Waals surface area contributed by atoms with Crippen molar-refractivity contribution >= 4 is 16.1 Å². The molecular formula is C22H32F2O9S. The van der Waals surface area contributed by atoms with Crippen LogP contribution >= 0.6 is 0 Å². The van der Waals surface area contributed by atoms with Crippen molar-refractivity contribution in [1.82, 2.24) is 0 Å². The second kappa shape index (κ2) is 10.0. The molecule has 0 heterocycles. The Morgan fingerprint density at radius 3 is 2.00 bits per heavy atom. The molecule has 0 fully saturated rings. The van der Waals surface area contributed by atoms with Crippen LogP contribution in [0.3, 0.4) is 0 Å². The first-order chi connectivity index (χ1) is 15.6. The summed E-state index contributed by atoms with van der Waals surface area (Å²) in [5.74, 6) is -2.40. The molecule has 9 nitrogen and oxygen atoms in total. The van der Waals surface area contributed by atoms with Crippen molar-refractivity contribution in [2.45, 2.75) is 88.0 Å². The molecule has 34 heavy (non-hydrogen) atoms. The summed E-state index contributed by atoms with van der Waals surface area (Å²) in [7, 11) is -6.03. The maximum absolute atomic E-state index is 13.4. The third-order valence-electron chi connectivity index (χ3n) is 6.89. The van der Waals surface area contributed by atoms with Gasteiger partial charge in [0.1, 0.15) is 5.75 Å². The van der Waals surface area contributed by atoms with Crippen LogP contribution in [0, 0.1) is 0 Å². The van der Waals surface area contributed by atoms with Crippen molar-refractivity contribution in [2.24, 2.45) is 0 Å². The van der Waals surface area contributed by atoms with E-state index in [4.69, 9.17) is 9.29 Å². The van der Waals surface area contributed by atoms with Gasteiger partial charge in [-0.25, -0.2) is 4.79 Å². The molecule has 12 heteroatoms. The molecule has 194 valence electrons. The number of rotatable bonds is 12. The topological polar surface area (TPSA) is 151 Å².